The number of amides is 1. The molecule has 1 amide bonds. The Morgan fingerprint density at radius 2 is 2.47 bits per heavy atom. The van der Waals surface area contributed by atoms with E-state index in [-0.39, 0.29) is 18.0 Å². The van der Waals surface area contributed by atoms with E-state index in [1.807, 2.05) is 31.3 Å². The lowest BCUT2D eigenvalue weighted by Gasteiger charge is -2.26. The maximum atomic E-state index is 12.1. The van der Waals surface area contributed by atoms with Crippen LogP contribution in [0.15, 0.2) is 12.4 Å². The molecule has 2 N–H and O–H groups in total. The summed E-state index contributed by atoms with van der Waals surface area (Å²) in [4.78, 5) is 14.0. The Morgan fingerprint density at radius 1 is 1.71 bits per heavy atom. The minimum atomic E-state index is -0.368. The normalized spacial score (nSPS) is 21.8. The summed E-state index contributed by atoms with van der Waals surface area (Å²) in [6.07, 6.45) is 6.56. The van der Waals surface area contributed by atoms with Crippen LogP contribution in [0.4, 0.5) is 0 Å². The van der Waals surface area contributed by atoms with Crippen molar-refractivity contribution < 1.29 is 4.79 Å². The van der Waals surface area contributed by atoms with Crippen molar-refractivity contribution in [1.29, 1.82) is 0 Å². The van der Waals surface area contributed by atoms with E-state index in [2.05, 4.69) is 5.10 Å². The zero-order valence-corrected chi connectivity index (χ0v) is 10.5. The maximum absolute atomic E-state index is 12.1. The first-order valence-corrected chi connectivity index (χ1v) is 6.18. The quantitative estimate of drug-likeness (QED) is 0.845. The van der Waals surface area contributed by atoms with Crippen molar-refractivity contribution in [2.75, 3.05) is 6.54 Å². The first kappa shape index (κ1) is 12.1. The Labute approximate surface area is 102 Å². The third-order valence-corrected chi connectivity index (χ3v) is 3.40. The predicted octanol–water partition coefficient (Wildman–Crippen LogP) is 0.821. The van der Waals surface area contributed by atoms with E-state index in [4.69, 9.17) is 5.73 Å². The van der Waals surface area contributed by atoms with Crippen LogP contribution in [0.25, 0.3) is 0 Å². The molecule has 0 radical (unpaired) electrons. The van der Waals surface area contributed by atoms with Crippen LogP contribution in [0.2, 0.25) is 0 Å². The molecule has 94 valence electrons. The van der Waals surface area contributed by atoms with Gasteiger partial charge in [0.2, 0.25) is 5.91 Å². The van der Waals surface area contributed by atoms with Crippen LogP contribution in [-0.2, 0) is 11.8 Å². The number of aryl methyl sites for hydroxylation is 1. The van der Waals surface area contributed by atoms with Crippen molar-refractivity contribution in [2.24, 2.45) is 12.8 Å². The van der Waals surface area contributed by atoms with Gasteiger partial charge in [0.25, 0.3) is 0 Å². The zero-order valence-electron chi connectivity index (χ0n) is 10.5. The molecule has 17 heavy (non-hydrogen) atoms. The highest BCUT2D eigenvalue weighted by Crippen LogP contribution is 2.31. The van der Waals surface area contributed by atoms with Gasteiger partial charge < -0.3 is 10.6 Å². The average Bonchev–Trinajstić information content (AvgIpc) is 2.94. The van der Waals surface area contributed by atoms with E-state index in [9.17, 15) is 4.79 Å². The first-order valence-electron chi connectivity index (χ1n) is 6.18. The van der Waals surface area contributed by atoms with Gasteiger partial charge in [-0.3, -0.25) is 9.48 Å². The number of aromatic nitrogens is 2. The van der Waals surface area contributed by atoms with Crippen molar-refractivity contribution in [1.82, 2.24) is 14.7 Å². The first-order chi connectivity index (χ1) is 8.13. The monoisotopic (exact) mass is 236 g/mol. The average molecular weight is 236 g/mol. The second kappa shape index (κ2) is 4.87. The van der Waals surface area contributed by atoms with E-state index in [1.165, 1.54) is 0 Å². The molecule has 1 aromatic heterocycles. The molecule has 0 aromatic carbocycles. The summed E-state index contributed by atoms with van der Waals surface area (Å²) in [5, 5.41) is 4.17. The number of carbonyl (C=O) groups excluding carboxylic acids is 1. The fourth-order valence-electron chi connectivity index (χ4n) is 2.38. The van der Waals surface area contributed by atoms with Gasteiger partial charge in [-0.2, -0.15) is 5.10 Å². The molecule has 0 saturated carbocycles. The minimum Gasteiger partial charge on any atom is -0.334 e. The van der Waals surface area contributed by atoms with Gasteiger partial charge in [0.1, 0.15) is 0 Å². The summed E-state index contributed by atoms with van der Waals surface area (Å²) in [5.41, 5.74) is 6.94. The van der Waals surface area contributed by atoms with Crippen LogP contribution in [0, 0.1) is 0 Å². The van der Waals surface area contributed by atoms with Gasteiger partial charge in [-0.1, -0.05) is 6.92 Å². The van der Waals surface area contributed by atoms with Crippen LogP contribution >= 0.6 is 0 Å². The summed E-state index contributed by atoms with van der Waals surface area (Å²) in [5.74, 6) is 0.0684. The Morgan fingerprint density at radius 3 is 3.06 bits per heavy atom. The van der Waals surface area contributed by atoms with E-state index in [0.717, 1.165) is 24.9 Å². The van der Waals surface area contributed by atoms with Crippen LogP contribution in [0.3, 0.4) is 0 Å². The van der Waals surface area contributed by atoms with Gasteiger partial charge in [-0.25, -0.2) is 0 Å². The molecule has 0 spiro atoms. The van der Waals surface area contributed by atoms with E-state index >= 15 is 0 Å². The topological polar surface area (TPSA) is 64.2 Å². The summed E-state index contributed by atoms with van der Waals surface area (Å²) in [6, 6.07) is -0.207. The number of rotatable bonds is 3. The lowest BCUT2D eigenvalue weighted by atomic mass is 10.1. The molecule has 1 aliphatic heterocycles. The molecule has 1 aliphatic rings. The minimum absolute atomic E-state index is 0.0684. The standard InChI is InChI=1S/C12H20N4O/c1-3-10(13)12(17)16-6-4-5-11(16)9-7-14-15(2)8-9/h7-8,10-11H,3-6,13H2,1-2H3/t10-,11?/m0/s1. The lowest BCUT2D eigenvalue weighted by Crippen LogP contribution is -2.42. The molecule has 2 rings (SSSR count). The van der Waals surface area contributed by atoms with Crippen molar-refractivity contribution in [2.45, 2.75) is 38.3 Å². The molecular weight excluding hydrogens is 216 g/mol. The van der Waals surface area contributed by atoms with Crippen LogP contribution in [0.1, 0.15) is 37.8 Å². The molecule has 0 bridgehead atoms. The Hall–Kier alpha value is -1.36. The van der Waals surface area contributed by atoms with E-state index in [1.54, 1.807) is 4.68 Å². The molecule has 1 fully saturated rings. The number of nitrogens with zero attached hydrogens (tertiary/aromatic N) is 3. The fraction of sp³-hybridized carbons (Fsp3) is 0.667. The summed E-state index contributed by atoms with van der Waals surface area (Å²) in [6.45, 7) is 2.75. The zero-order chi connectivity index (χ0) is 12.4. The predicted molar refractivity (Wildman–Crippen MR) is 65.2 cm³/mol. The number of carbonyl (C=O) groups is 1. The van der Waals surface area contributed by atoms with Gasteiger partial charge >= 0.3 is 0 Å². The largest absolute Gasteiger partial charge is 0.334 e. The van der Waals surface area contributed by atoms with Crippen LogP contribution < -0.4 is 5.73 Å². The molecular formula is C12H20N4O. The van der Waals surface area contributed by atoms with Gasteiger partial charge in [-0.15, -0.1) is 0 Å². The Bertz CT molecular complexity index is 401. The molecule has 2 heterocycles. The number of hydrogen-bond acceptors (Lipinski definition) is 3. The summed E-state index contributed by atoms with van der Waals surface area (Å²) >= 11 is 0. The van der Waals surface area contributed by atoms with E-state index in [0.29, 0.717) is 6.42 Å². The highest BCUT2D eigenvalue weighted by atomic mass is 16.2. The van der Waals surface area contributed by atoms with Crippen molar-refractivity contribution in [3.05, 3.63) is 18.0 Å². The third-order valence-electron chi connectivity index (χ3n) is 3.40. The molecule has 1 aromatic rings. The highest BCUT2D eigenvalue weighted by Gasteiger charge is 2.32. The second-order valence-electron chi connectivity index (χ2n) is 4.65. The highest BCUT2D eigenvalue weighted by molar-refractivity contribution is 5.82. The number of hydrogen-bond donors (Lipinski definition) is 1. The van der Waals surface area contributed by atoms with Gasteiger partial charge in [0.15, 0.2) is 0 Å². The van der Waals surface area contributed by atoms with Crippen molar-refractivity contribution in [3.8, 4) is 0 Å². The molecule has 0 aliphatic carbocycles. The molecule has 1 saturated heterocycles. The number of nitrogens with two attached hydrogens (primary N) is 1. The summed E-state index contributed by atoms with van der Waals surface area (Å²) < 4.78 is 1.77. The van der Waals surface area contributed by atoms with E-state index < -0.39 is 0 Å². The smallest absolute Gasteiger partial charge is 0.239 e. The van der Waals surface area contributed by atoms with Crippen LogP contribution in [0.5, 0.6) is 0 Å². The molecule has 5 heteroatoms. The van der Waals surface area contributed by atoms with Gasteiger partial charge in [-0.05, 0) is 19.3 Å². The SMILES string of the molecule is CC[C@H](N)C(=O)N1CCCC1c1cnn(C)c1. The second-order valence-corrected chi connectivity index (χ2v) is 4.65. The molecule has 2 atom stereocenters. The Kier molecular flexibility index (Phi) is 3.47. The van der Waals surface area contributed by atoms with Crippen molar-refractivity contribution in [3.63, 3.8) is 0 Å². The van der Waals surface area contributed by atoms with Gasteiger partial charge in [0.05, 0.1) is 18.3 Å². The van der Waals surface area contributed by atoms with Crippen LogP contribution in [-0.4, -0.2) is 33.2 Å². The summed E-state index contributed by atoms with van der Waals surface area (Å²) in [7, 11) is 1.89. The molecule has 1 unspecified atom stereocenters. The van der Waals surface area contributed by atoms with Gasteiger partial charge in [0, 0.05) is 25.4 Å². The fourth-order valence-corrected chi connectivity index (χ4v) is 2.38. The number of likely N-dealkylation sites (tertiary alicyclic amines) is 1. The lowest BCUT2D eigenvalue weighted by molar-refractivity contribution is -0.133. The maximum Gasteiger partial charge on any atom is 0.239 e. The Balaban J connectivity index is 2.15. The van der Waals surface area contributed by atoms with Crippen molar-refractivity contribution >= 4 is 5.91 Å². The third kappa shape index (κ3) is 2.34. The molecule has 5 nitrogen and oxygen atoms in total.